The number of carbonyl (C=O) groups is 8. The molecule has 15 nitrogen and oxygen atoms in total. The Hall–Kier alpha value is -4.92. The molecule has 260 valence electrons. The lowest BCUT2D eigenvalue weighted by atomic mass is 10.1. The number of ketones is 1. The minimum absolute atomic E-state index is 0.117. The van der Waals surface area contributed by atoms with Crippen LogP contribution in [0.1, 0.15) is 57.9 Å². The molecule has 1 aromatic rings. The summed E-state index contributed by atoms with van der Waals surface area (Å²) in [4.78, 5) is 98.9. The van der Waals surface area contributed by atoms with Crippen molar-refractivity contribution >= 4 is 47.1 Å². The third-order valence-electron chi connectivity index (χ3n) is 7.67. The van der Waals surface area contributed by atoms with E-state index in [1.165, 1.54) is 11.8 Å². The molecule has 1 fully saturated rings. The first-order chi connectivity index (χ1) is 22.9. The van der Waals surface area contributed by atoms with E-state index >= 15 is 0 Å². The fourth-order valence-electron chi connectivity index (χ4n) is 4.95. The minimum atomic E-state index is -1.06. The molecular weight excluding hydrogens is 624 g/mol. The molecule has 0 spiro atoms. The normalized spacial score (nSPS) is 16.3. The quantitative estimate of drug-likeness (QED) is 0.0489. The maximum Gasteiger partial charge on any atom is 0.243 e. The fourth-order valence-corrected chi connectivity index (χ4v) is 4.95. The van der Waals surface area contributed by atoms with Gasteiger partial charge in [-0.3, -0.25) is 43.3 Å². The van der Waals surface area contributed by atoms with E-state index in [-0.39, 0.29) is 62.0 Å². The molecule has 1 heterocycles. The SMILES string of the molecule is CC(=O)[C@@H](OCNC(=O)CNC(=O)[C@H](Cc1ccccc1)NC(=O)CNC(=O)CNC(=O)CCCCCN1C(=O)CC(C)C1=O)C1=CC1. The Kier molecular flexibility index (Phi) is 14.9. The molecule has 3 atom stereocenters. The van der Waals surface area contributed by atoms with E-state index in [2.05, 4.69) is 26.6 Å². The summed E-state index contributed by atoms with van der Waals surface area (Å²) in [5.74, 6) is -3.59. The van der Waals surface area contributed by atoms with Gasteiger partial charge in [0.05, 0.1) is 19.6 Å². The molecule has 1 aromatic carbocycles. The molecule has 5 N–H and O–H groups in total. The predicted octanol–water partition coefficient (Wildman–Crippen LogP) is -0.604. The second kappa shape index (κ2) is 19.0. The monoisotopic (exact) mass is 668 g/mol. The molecule has 1 aliphatic carbocycles. The van der Waals surface area contributed by atoms with Gasteiger partial charge in [-0.2, -0.15) is 0 Å². The van der Waals surface area contributed by atoms with Gasteiger partial charge in [-0.15, -0.1) is 0 Å². The highest BCUT2D eigenvalue weighted by Crippen LogP contribution is 2.25. The van der Waals surface area contributed by atoms with Gasteiger partial charge in [-0.25, -0.2) is 0 Å². The fraction of sp³-hybridized carbons (Fsp3) is 0.515. The number of carbonyl (C=O) groups excluding carboxylic acids is 8. The maximum absolute atomic E-state index is 13.0. The molecule has 1 saturated heterocycles. The first-order valence-electron chi connectivity index (χ1n) is 16.0. The van der Waals surface area contributed by atoms with Crippen molar-refractivity contribution in [3.05, 3.63) is 47.5 Å². The first-order valence-corrected chi connectivity index (χ1v) is 16.0. The molecule has 0 bridgehead atoms. The van der Waals surface area contributed by atoms with E-state index in [1.807, 2.05) is 6.08 Å². The van der Waals surface area contributed by atoms with Crippen molar-refractivity contribution < 1.29 is 43.1 Å². The number of amides is 7. The van der Waals surface area contributed by atoms with Crippen molar-refractivity contribution in [3.63, 3.8) is 0 Å². The Balaban J connectivity index is 1.34. The molecule has 15 heteroatoms. The van der Waals surface area contributed by atoms with Gasteiger partial charge >= 0.3 is 0 Å². The molecule has 0 radical (unpaired) electrons. The highest BCUT2D eigenvalue weighted by Gasteiger charge is 2.34. The van der Waals surface area contributed by atoms with Crippen LogP contribution in [0.4, 0.5) is 0 Å². The number of hydrogen-bond donors (Lipinski definition) is 5. The number of nitrogens with zero attached hydrogens (tertiary/aromatic N) is 1. The van der Waals surface area contributed by atoms with Crippen LogP contribution in [0.3, 0.4) is 0 Å². The molecule has 0 saturated carbocycles. The molecule has 0 aromatic heterocycles. The predicted molar refractivity (Wildman–Crippen MR) is 171 cm³/mol. The van der Waals surface area contributed by atoms with Crippen molar-refractivity contribution in [2.75, 3.05) is 32.9 Å². The van der Waals surface area contributed by atoms with Crippen LogP contribution in [-0.2, 0) is 49.5 Å². The summed E-state index contributed by atoms with van der Waals surface area (Å²) in [6.07, 6.45) is 4.09. The zero-order valence-electron chi connectivity index (χ0n) is 27.3. The number of unbranched alkanes of at least 4 members (excludes halogenated alkanes) is 2. The zero-order chi connectivity index (χ0) is 35.1. The van der Waals surface area contributed by atoms with Crippen LogP contribution < -0.4 is 26.6 Å². The molecule has 48 heavy (non-hydrogen) atoms. The lowest BCUT2D eigenvalue weighted by Crippen LogP contribution is -2.52. The Labute approximate surface area is 278 Å². The van der Waals surface area contributed by atoms with Crippen molar-refractivity contribution in [1.29, 1.82) is 0 Å². The Morgan fingerprint density at radius 2 is 1.50 bits per heavy atom. The van der Waals surface area contributed by atoms with Crippen LogP contribution in [0.15, 0.2) is 42.0 Å². The van der Waals surface area contributed by atoms with Gasteiger partial charge in [0.1, 0.15) is 18.9 Å². The summed E-state index contributed by atoms with van der Waals surface area (Å²) in [7, 11) is 0. The largest absolute Gasteiger partial charge is 0.347 e. The Morgan fingerprint density at radius 1 is 0.854 bits per heavy atom. The second-order valence-corrected chi connectivity index (χ2v) is 11.8. The summed E-state index contributed by atoms with van der Waals surface area (Å²) < 4.78 is 5.41. The number of likely N-dealkylation sites (tertiary alicyclic amines) is 1. The number of nitrogens with one attached hydrogen (secondary N) is 5. The molecule has 3 rings (SSSR count). The summed E-state index contributed by atoms with van der Waals surface area (Å²) in [5.41, 5.74) is 1.61. The second-order valence-electron chi connectivity index (χ2n) is 11.8. The third kappa shape index (κ3) is 13.1. The van der Waals surface area contributed by atoms with Crippen LogP contribution in [0, 0.1) is 5.92 Å². The van der Waals surface area contributed by atoms with Gasteiger partial charge in [0, 0.05) is 31.7 Å². The van der Waals surface area contributed by atoms with Gasteiger partial charge in [-0.05, 0) is 37.3 Å². The van der Waals surface area contributed by atoms with Crippen LogP contribution in [0.25, 0.3) is 0 Å². The molecule has 7 amide bonds. The Morgan fingerprint density at radius 3 is 2.15 bits per heavy atom. The van der Waals surface area contributed by atoms with Crippen molar-refractivity contribution in [1.82, 2.24) is 31.5 Å². The number of allylic oxidation sites excluding steroid dienone is 1. The number of Topliss-reactive ketones (excluding diaryl/α,β-unsaturated/α-hetero) is 1. The number of rotatable bonds is 21. The van der Waals surface area contributed by atoms with Gasteiger partial charge in [-0.1, -0.05) is 49.8 Å². The van der Waals surface area contributed by atoms with E-state index in [0.29, 0.717) is 32.2 Å². The van der Waals surface area contributed by atoms with Crippen molar-refractivity contribution in [2.24, 2.45) is 5.92 Å². The average molecular weight is 669 g/mol. The number of benzene rings is 1. The molecule has 1 aliphatic heterocycles. The number of hydrogen-bond acceptors (Lipinski definition) is 9. The van der Waals surface area contributed by atoms with Crippen molar-refractivity contribution in [2.45, 2.75) is 70.9 Å². The Bertz CT molecular complexity index is 1390. The summed E-state index contributed by atoms with van der Waals surface area (Å²) in [6.45, 7) is 2.03. The average Bonchev–Trinajstić information content (AvgIpc) is 3.86. The van der Waals surface area contributed by atoms with Crippen molar-refractivity contribution in [3.8, 4) is 0 Å². The van der Waals surface area contributed by atoms with Crippen LogP contribution in [0.2, 0.25) is 0 Å². The van der Waals surface area contributed by atoms with Crippen LogP contribution >= 0.6 is 0 Å². The molecular formula is C33H44N6O9. The van der Waals surface area contributed by atoms with Gasteiger partial charge in [0.2, 0.25) is 41.4 Å². The first kappa shape index (κ1) is 37.5. The lowest BCUT2D eigenvalue weighted by Gasteiger charge is -2.19. The zero-order valence-corrected chi connectivity index (χ0v) is 27.3. The topological polar surface area (TPSA) is 209 Å². The minimum Gasteiger partial charge on any atom is -0.347 e. The number of imide groups is 1. The lowest BCUT2D eigenvalue weighted by molar-refractivity contribution is -0.139. The summed E-state index contributed by atoms with van der Waals surface area (Å²) in [6, 6.07) is 7.85. The van der Waals surface area contributed by atoms with Gasteiger partial charge in [0.25, 0.3) is 0 Å². The van der Waals surface area contributed by atoms with Gasteiger partial charge < -0.3 is 31.3 Å². The van der Waals surface area contributed by atoms with E-state index in [1.54, 1.807) is 37.3 Å². The summed E-state index contributed by atoms with van der Waals surface area (Å²) >= 11 is 0. The number of ether oxygens (including phenoxy) is 1. The van der Waals surface area contributed by atoms with E-state index in [4.69, 9.17) is 4.74 Å². The van der Waals surface area contributed by atoms with Crippen LogP contribution in [-0.4, -0.2) is 97.1 Å². The van der Waals surface area contributed by atoms with E-state index in [9.17, 15) is 38.4 Å². The highest BCUT2D eigenvalue weighted by molar-refractivity contribution is 6.03. The van der Waals surface area contributed by atoms with Crippen LogP contribution in [0.5, 0.6) is 0 Å². The molecule has 2 aliphatic rings. The third-order valence-corrected chi connectivity index (χ3v) is 7.67. The summed E-state index contributed by atoms with van der Waals surface area (Å²) in [5, 5.41) is 12.4. The smallest absolute Gasteiger partial charge is 0.243 e. The van der Waals surface area contributed by atoms with E-state index in [0.717, 1.165) is 11.1 Å². The molecule has 1 unspecified atom stereocenters. The van der Waals surface area contributed by atoms with E-state index < -0.39 is 48.9 Å². The maximum atomic E-state index is 13.0. The standard InChI is InChI=1S/C33H44N6O9/c1-21-15-30(45)39(33(21)47)14-8-4-7-11-26(41)34-17-27(42)35-19-29(44)38-25(16-23-9-5-3-6-10-23)32(46)36-18-28(43)37-20-48-31(22(2)40)24-12-13-24/h3,5-6,9-10,12,21,25,31H,4,7-8,11,13-20H2,1-2H3,(H,34,41)(H,35,42)(H,36,46)(H,37,43)(H,38,44)/t21?,25-,31+/m0/s1. The highest BCUT2D eigenvalue weighted by atomic mass is 16.5. The van der Waals surface area contributed by atoms with Gasteiger partial charge in [0.15, 0.2) is 5.78 Å².